The summed E-state index contributed by atoms with van der Waals surface area (Å²) >= 11 is 0. The number of hydrogen-bond acceptors (Lipinski definition) is 2. The van der Waals surface area contributed by atoms with Crippen LogP contribution >= 0.6 is 0 Å². The van der Waals surface area contributed by atoms with Gasteiger partial charge in [-0.1, -0.05) is 37.3 Å². The number of nitrogens with zero attached hydrogens (tertiary/aromatic N) is 2. The van der Waals surface area contributed by atoms with Crippen LogP contribution in [0.5, 0.6) is 0 Å². The molecule has 0 saturated carbocycles. The molecule has 4 nitrogen and oxygen atoms in total. The lowest BCUT2D eigenvalue weighted by Crippen LogP contribution is -2.40. The maximum Gasteiger partial charge on any atom is 0.190 e. The van der Waals surface area contributed by atoms with Gasteiger partial charge in [-0.2, -0.15) is 0 Å². The van der Waals surface area contributed by atoms with Crippen molar-refractivity contribution in [3.8, 4) is 0 Å². The number of aryl methyl sites for hydroxylation is 1. The number of hydrogen-bond donors (Lipinski definition) is 2. The SMILES string of the molecule is CCN1CCC(CNC(=NC)NCCCc2ccccc2)C1. The lowest BCUT2D eigenvalue weighted by atomic mass is 10.1. The number of rotatable bonds is 7. The van der Waals surface area contributed by atoms with E-state index in [9.17, 15) is 0 Å². The van der Waals surface area contributed by atoms with E-state index < -0.39 is 0 Å². The molecule has 0 spiro atoms. The first kappa shape index (κ1) is 16.8. The quantitative estimate of drug-likeness (QED) is 0.460. The van der Waals surface area contributed by atoms with Gasteiger partial charge in [0.05, 0.1) is 0 Å². The van der Waals surface area contributed by atoms with Gasteiger partial charge in [0, 0.05) is 26.7 Å². The van der Waals surface area contributed by atoms with Crippen molar-refractivity contribution in [3.05, 3.63) is 35.9 Å². The van der Waals surface area contributed by atoms with Crippen LogP contribution in [0, 0.1) is 5.92 Å². The van der Waals surface area contributed by atoms with Gasteiger partial charge in [0.1, 0.15) is 0 Å². The Morgan fingerprint density at radius 2 is 2.09 bits per heavy atom. The Morgan fingerprint density at radius 3 is 2.77 bits per heavy atom. The Morgan fingerprint density at radius 1 is 1.27 bits per heavy atom. The summed E-state index contributed by atoms with van der Waals surface area (Å²) in [5.74, 6) is 1.69. The third kappa shape index (κ3) is 5.68. The summed E-state index contributed by atoms with van der Waals surface area (Å²) in [6.07, 6.45) is 3.53. The van der Waals surface area contributed by atoms with E-state index in [1.165, 1.54) is 31.6 Å². The average molecular weight is 302 g/mol. The predicted molar refractivity (Wildman–Crippen MR) is 94.3 cm³/mol. The first-order valence-electron chi connectivity index (χ1n) is 8.52. The van der Waals surface area contributed by atoms with Gasteiger partial charge in [-0.05, 0) is 43.8 Å². The first-order valence-corrected chi connectivity index (χ1v) is 8.52. The van der Waals surface area contributed by atoms with Crippen molar-refractivity contribution in [2.45, 2.75) is 26.2 Å². The minimum Gasteiger partial charge on any atom is -0.356 e. The molecule has 1 aliphatic heterocycles. The van der Waals surface area contributed by atoms with E-state index >= 15 is 0 Å². The lowest BCUT2D eigenvalue weighted by molar-refractivity contribution is 0.342. The second-order valence-electron chi connectivity index (χ2n) is 6.02. The molecule has 0 aromatic heterocycles. The predicted octanol–water partition coefficient (Wildman–Crippen LogP) is 2.13. The highest BCUT2D eigenvalue weighted by Gasteiger charge is 2.20. The van der Waals surface area contributed by atoms with E-state index in [4.69, 9.17) is 0 Å². The summed E-state index contributed by atoms with van der Waals surface area (Å²) in [6.45, 7) is 7.85. The first-order chi connectivity index (χ1) is 10.8. The molecule has 4 heteroatoms. The summed E-state index contributed by atoms with van der Waals surface area (Å²) in [4.78, 5) is 6.83. The summed E-state index contributed by atoms with van der Waals surface area (Å²) in [7, 11) is 1.85. The smallest absolute Gasteiger partial charge is 0.190 e. The fourth-order valence-corrected chi connectivity index (χ4v) is 2.97. The molecule has 0 aliphatic carbocycles. The molecule has 1 aromatic rings. The monoisotopic (exact) mass is 302 g/mol. The van der Waals surface area contributed by atoms with Crippen molar-refractivity contribution in [3.63, 3.8) is 0 Å². The van der Waals surface area contributed by atoms with Crippen molar-refractivity contribution in [1.82, 2.24) is 15.5 Å². The van der Waals surface area contributed by atoms with Crippen molar-refractivity contribution in [2.24, 2.45) is 10.9 Å². The molecule has 122 valence electrons. The second kappa shape index (κ2) is 9.46. The lowest BCUT2D eigenvalue weighted by Gasteiger charge is -2.16. The van der Waals surface area contributed by atoms with Gasteiger partial charge in [-0.3, -0.25) is 4.99 Å². The molecule has 0 amide bonds. The van der Waals surface area contributed by atoms with Crippen molar-refractivity contribution in [2.75, 3.05) is 39.8 Å². The third-order valence-electron chi connectivity index (χ3n) is 4.38. The van der Waals surface area contributed by atoms with Crippen molar-refractivity contribution in [1.29, 1.82) is 0 Å². The fraction of sp³-hybridized carbons (Fsp3) is 0.611. The zero-order valence-electron chi connectivity index (χ0n) is 14.0. The Bertz CT molecular complexity index is 444. The van der Waals surface area contributed by atoms with Crippen LogP contribution in [0.15, 0.2) is 35.3 Å². The highest BCUT2D eigenvalue weighted by Crippen LogP contribution is 2.14. The molecule has 2 N–H and O–H groups in total. The largest absolute Gasteiger partial charge is 0.356 e. The van der Waals surface area contributed by atoms with Gasteiger partial charge < -0.3 is 15.5 Å². The Kier molecular flexibility index (Phi) is 7.23. The minimum atomic E-state index is 0.753. The van der Waals surface area contributed by atoms with Crippen LogP contribution in [0.2, 0.25) is 0 Å². The van der Waals surface area contributed by atoms with Crippen molar-refractivity contribution >= 4 is 5.96 Å². The number of likely N-dealkylation sites (tertiary alicyclic amines) is 1. The second-order valence-corrected chi connectivity index (χ2v) is 6.02. The highest BCUT2D eigenvalue weighted by molar-refractivity contribution is 5.79. The van der Waals surface area contributed by atoms with E-state index in [1.54, 1.807) is 0 Å². The van der Waals surface area contributed by atoms with Gasteiger partial charge >= 0.3 is 0 Å². The van der Waals surface area contributed by atoms with Gasteiger partial charge in [-0.25, -0.2) is 0 Å². The van der Waals surface area contributed by atoms with E-state index in [0.717, 1.165) is 37.8 Å². The molecule has 22 heavy (non-hydrogen) atoms. The van der Waals surface area contributed by atoms with E-state index in [2.05, 4.69) is 57.8 Å². The van der Waals surface area contributed by atoms with Crippen molar-refractivity contribution < 1.29 is 0 Å². The summed E-state index contributed by atoms with van der Waals surface area (Å²) in [6, 6.07) is 10.6. The molecule has 1 unspecified atom stereocenters. The van der Waals surface area contributed by atoms with Crippen LogP contribution in [0.25, 0.3) is 0 Å². The molecule has 0 bridgehead atoms. The number of nitrogens with one attached hydrogen (secondary N) is 2. The van der Waals surface area contributed by atoms with E-state index in [0.29, 0.717) is 0 Å². The van der Waals surface area contributed by atoms with Gasteiger partial charge in [0.2, 0.25) is 0 Å². The van der Waals surface area contributed by atoms with E-state index in [1.807, 2.05) is 7.05 Å². The Labute approximate surface area is 135 Å². The minimum absolute atomic E-state index is 0.753. The van der Waals surface area contributed by atoms with Crippen LogP contribution in [-0.4, -0.2) is 50.6 Å². The Balaban J connectivity index is 1.59. The normalized spacial score (nSPS) is 19.4. The molecule has 2 rings (SSSR count). The number of guanidine groups is 1. The van der Waals surface area contributed by atoms with Gasteiger partial charge in [0.25, 0.3) is 0 Å². The van der Waals surface area contributed by atoms with Gasteiger partial charge in [-0.15, -0.1) is 0 Å². The molecule has 1 aliphatic rings. The zero-order valence-corrected chi connectivity index (χ0v) is 14.0. The summed E-state index contributed by atoms with van der Waals surface area (Å²) < 4.78 is 0. The third-order valence-corrected chi connectivity index (χ3v) is 4.38. The average Bonchev–Trinajstić information content (AvgIpc) is 3.03. The molecule has 1 fully saturated rings. The fourth-order valence-electron chi connectivity index (χ4n) is 2.97. The molecule has 1 saturated heterocycles. The maximum absolute atomic E-state index is 4.31. The summed E-state index contributed by atoms with van der Waals surface area (Å²) in [5, 5.41) is 6.88. The van der Waals surface area contributed by atoms with Crippen LogP contribution < -0.4 is 10.6 Å². The van der Waals surface area contributed by atoms with Crippen LogP contribution in [0.1, 0.15) is 25.3 Å². The highest BCUT2D eigenvalue weighted by atomic mass is 15.2. The van der Waals surface area contributed by atoms with Gasteiger partial charge in [0.15, 0.2) is 5.96 Å². The van der Waals surface area contributed by atoms with Crippen LogP contribution in [0.4, 0.5) is 0 Å². The molecule has 1 atom stereocenters. The maximum atomic E-state index is 4.31. The standard InChI is InChI=1S/C18H30N4/c1-3-22-13-11-17(15-22)14-21-18(19-2)20-12-7-10-16-8-5-4-6-9-16/h4-6,8-9,17H,3,7,10-15H2,1-2H3,(H2,19,20,21). The van der Waals surface area contributed by atoms with E-state index in [-0.39, 0.29) is 0 Å². The Hall–Kier alpha value is -1.55. The summed E-state index contributed by atoms with van der Waals surface area (Å²) in [5.41, 5.74) is 1.40. The molecule has 1 heterocycles. The molecular weight excluding hydrogens is 272 g/mol. The molecule has 0 radical (unpaired) electrons. The zero-order chi connectivity index (χ0) is 15.6. The molecular formula is C18H30N4. The topological polar surface area (TPSA) is 39.7 Å². The van der Waals surface area contributed by atoms with Crippen LogP contribution in [0.3, 0.4) is 0 Å². The number of benzene rings is 1. The number of aliphatic imine (C=N–C) groups is 1. The molecule has 1 aromatic carbocycles. The van der Waals surface area contributed by atoms with Crippen LogP contribution in [-0.2, 0) is 6.42 Å².